The number of nitrogens with one attached hydrogen (secondary N) is 1. The highest BCUT2D eigenvalue weighted by molar-refractivity contribution is 5.84. The number of piperazine rings is 1. The fourth-order valence-electron chi connectivity index (χ4n) is 5.63. The van der Waals surface area contributed by atoms with Crippen LogP contribution in [0.1, 0.15) is 24.0 Å². The summed E-state index contributed by atoms with van der Waals surface area (Å²) in [7, 11) is 0. The second kappa shape index (κ2) is 10.4. The maximum absolute atomic E-state index is 13.2. The summed E-state index contributed by atoms with van der Waals surface area (Å²) in [5, 5.41) is 3.42. The molecule has 0 unspecified atom stereocenters. The molecule has 8 nitrogen and oxygen atoms in total. The fraction of sp³-hybridized carbons (Fsp3) is 0.367. The van der Waals surface area contributed by atoms with E-state index in [0.29, 0.717) is 0 Å². The van der Waals surface area contributed by atoms with Crippen LogP contribution in [0.5, 0.6) is 0 Å². The maximum atomic E-state index is 13.2. The Labute approximate surface area is 223 Å². The van der Waals surface area contributed by atoms with Crippen LogP contribution in [0.2, 0.25) is 0 Å². The molecule has 8 heteroatoms. The van der Waals surface area contributed by atoms with Gasteiger partial charge in [-0.25, -0.2) is 4.98 Å². The number of carbonyl (C=O) groups excluding carboxylic acids is 1. The van der Waals surface area contributed by atoms with Crippen LogP contribution in [0.25, 0.3) is 16.9 Å². The van der Waals surface area contributed by atoms with E-state index in [0.717, 1.165) is 62.0 Å². The molecule has 0 atom stereocenters. The highest BCUT2D eigenvalue weighted by Crippen LogP contribution is 2.31. The van der Waals surface area contributed by atoms with Crippen molar-refractivity contribution in [1.82, 2.24) is 19.3 Å². The molecule has 4 heterocycles. The normalized spacial score (nSPS) is 15.9. The van der Waals surface area contributed by atoms with Crippen LogP contribution in [0.15, 0.2) is 61.1 Å². The van der Waals surface area contributed by atoms with Crippen LogP contribution in [0.3, 0.4) is 0 Å². The van der Waals surface area contributed by atoms with E-state index in [2.05, 4.69) is 76.4 Å². The minimum atomic E-state index is 0.102. The van der Waals surface area contributed by atoms with Gasteiger partial charge in [0.2, 0.25) is 5.91 Å². The molecule has 0 aliphatic carbocycles. The molecule has 2 aliphatic heterocycles. The van der Waals surface area contributed by atoms with Gasteiger partial charge in [0.25, 0.3) is 0 Å². The van der Waals surface area contributed by atoms with E-state index >= 15 is 0 Å². The molecule has 2 aromatic carbocycles. The molecule has 0 radical (unpaired) electrons. The lowest BCUT2D eigenvalue weighted by atomic mass is 10.1. The second-order valence-corrected chi connectivity index (χ2v) is 10.3. The number of imidazole rings is 1. The Morgan fingerprint density at radius 1 is 0.921 bits per heavy atom. The van der Waals surface area contributed by atoms with E-state index in [1.54, 1.807) is 12.4 Å². The lowest BCUT2D eigenvalue weighted by Gasteiger charge is -2.37. The van der Waals surface area contributed by atoms with Crippen LogP contribution < -0.4 is 15.1 Å². The summed E-state index contributed by atoms with van der Waals surface area (Å²) in [6.07, 6.45) is 7.89. The van der Waals surface area contributed by atoms with Crippen molar-refractivity contribution in [2.24, 2.45) is 0 Å². The van der Waals surface area contributed by atoms with E-state index in [1.807, 2.05) is 15.5 Å². The molecular formula is C30H35N7O. The van der Waals surface area contributed by atoms with Gasteiger partial charge in [0, 0.05) is 68.6 Å². The van der Waals surface area contributed by atoms with Crippen molar-refractivity contribution in [3.63, 3.8) is 0 Å². The number of hydrogen-bond donors (Lipinski definition) is 1. The first-order chi connectivity index (χ1) is 18.6. The van der Waals surface area contributed by atoms with Crippen molar-refractivity contribution in [3.05, 3.63) is 72.2 Å². The molecule has 2 aliphatic rings. The summed E-state index contributed by atoms with van der Waals surface area (Å²) in [6.45, 7) is 9.90. The van der Waals surface area contributed by atoms with Gasteiger partial charge in [-0.1, -0.05) is 24.3 Å². The summed E-state index contributed by atoms with van der Waals surface area (Å²) in [6, 6.07) is 15.0. The summed E-state index contributed by atoms with van der Waals surface area (Å²) in [5.74, 6) is 0.920. The molecule has 196 valence electrons. The summed E-state index contributed by atoms with van der Waals surface area (Å²) in [5.41, 5.74) is 7.75. The summed E-state index contributed by atoms with van der Waals surface area (Å²) < 4.78 is 1.97. The number of aromatic nitrogens is 3. The third-order valence-corrected chi connectivity index (χ3v) is 8.00. The van der Waals surface area contributed by atoms with Crippen LogP contribution in [0.4, 0.5) is 17.2 Å². The molecule has 2 aromatic heterocycles. The monoisotopic (exact) mass is 509 g/mol. The largest absolute Gasteiger partial charge is 0.372 e. The van der Waals surface area contributed by atoms with Gasteiger partial charge in [-0.15, -0.1) is 0 Å². The minimum Gasteiger partial charge on any atom is -0.372 e. The van der Waals surface area contributed by atoms with Crippen molar-refractivity contribution < 1.29 is 4.79 Å². The molecule has 2 saturated heterocycles. The Bertz CT molecular complexity index is 1430. The third kappa shape index (κ3) is 4.66. The maximum Gasteiger partial charge on any atom is 0.242 e. The molecule has 6 rings (SSSR count). The highest BCUT2D eigenvalue weighted by atomic mass is 16.2. The van der Waals surface area contributed by atoms with Crippen LogP contribution in [-0.4, -0.2) is 71.0 Å². The molecule has 0 spiro atoms. The first-order valence-electron chi connectivity index (χ1n) is 13.6. The fourth-order valence-corrected chi connectivity index (χ4v) is 5.63. The van der Waals surface area contributed by atoms with Crippen molar-refractivity contribution >= 4 is 28.7 Å². The number of benzene rings is 2. The van der Waals surface area contributed by atoms with Gasteiger partial charge in [-0.3, -0.25) is 14.2 Å². The number of amides is 1. The van der Waals surface area contributed by atoms with E-state index in [1.165, 1.54) is 35.3 Å². The van der Waals surface area contributed by atoms with Crippen LogP contribution >= 0.6 is 0 Å². The molecular weight excluding hydrogens is 474 g/mol. The van der Waals surface area contributed by atoms with Crippen LogP contribution in [-0.2, 0) is 4.79 Å². The minimum absolute atomic E-state index is 0.102. The van der Waals surface area contributed by atoms with Crippen molar-refractivity contribution in [2.45, 2.75) is 26.7 Å². The van der Waals surface area contributed by atoms with Gasteiger partial charge in [0.05, 0.1) is 12.7 Å². The lowest BCUT2D eigenvalue weighted by Crippen LogP contribution is -2.50. The molecule has 0 bridgehead atoms. The van der Waals surface area contributed by atoms with E-state index in [-0.39, 0.29) is 12.5 Å². The Balaban J connectivity index is 1.15. The summed E-state index contributed by atoms with van der Waals surface area (Å²) in [4.78, 5) is 29.1. The number of anilines is 3. The standard InChI is InChI=1S/C30H35N7O/c1-22-6-5-7-26(23(22)2)35-16-18-36(19-17-35)28(38)21-32-30-29(33-27-20-31-12-15-37(27)30)24-8-10-25(11-9-24)34-13-3-4-14-34/h5-12,15,20,32H,3-4,13-14,16-19,21H2,1-2H3. The third-order valence-electron chi connectivity index (χ3n) is 8.00. The Morgan fingerprint density at radius 2 is 1.68 bits per heavy atom. The quantitative estimate of drug-likeness (QED) is 0.416. The first kappa shape index (κ1) is 24.3. The number of carbonyl (C=O) groups is 1. The Morgan fingerprint density at radius 3 is 2.45 bits per heavy atom. The smallest absolute Gasteiger partial charge is 0.242 e. The molecule has 1 N–H and O–H groups in total. The predicted molar refractivity (Wildman–Crippen MR) is 153 cm³/mol. The van der Waals surface area contributed by atoms with Crippen molar-refractivity contribution in [1.29, 1.82) is 0 Å². The zero-order chi connectivity index (χ0) is 26.1. The average Bonchev–Trinajstić information content (AvgIpc) is 3.62. The number of hydrogen-bond acceptors (Lipinski definition) is 6. The second-order valence-electron chi connectivity index (χ2n) is 10.3. The van der Waals surface area contributed by atoms with Crippen molar-refractivity contribution in [3.8, 4) is 11.3 Å². The van der Waals surface area contributed by atoms with Gasteiger partial charge in [-0.2, -0.15) is 0 Å². The number of aryl methyl sites for hydroxylation is 1. The zero-order valence-corrected chi connectivity index (χ0v) is 22.2. The van der Waals surface area contributed by atoms with Gasteiger partial charge in [-0.05, 0) is 56.0 Å². The topological polar surface area (TPSA) is 69.0 Å². The highest BCUT2D eigenvalue weighted by Gasteiger charge is 2.23. The SMILES string of the molecule is Cc1cccc(N2CCN(C(=O)CNc3c(-c4ccc(N5CCCC5)cc4)nc4cnccn34)CC2)c1C. The molecule has 1 amide bonds. The zero-order valence-electron chi connectivity index (χ0n) is 22.2. The van der Waals surface area contributed by atoms with Crippen LogP contribution in [0, 0.1) is 13.8 Å². The molecule has 2 fully saturated rings. The predicted octanol–water partition coefficient (Wildman–Crippen LogP) is 4.37. The Hall–Kier alpha value is -4.07. The lowest BCUT2D eigenvalue weighted by molar-refractivity contribution is -0.129. The molecule has 4 aromatic rings. The molecule has 0 saturated carbocycles. The Kier molecular flexibility index (Phi) is 6.62. The van der Waals surface area contributed by atoms with Gasteiger partial charge in [0.15, 0.2) is 5.65 Å². The number of nitrogens with zero attached hydrogens (tertiary/aromatic N) is 6. The van der Waals surface area contributed by atoms with Gasteiger partial charge in [0.1, 0.15) is 11.5 Å². The summed E-state index contributed by atoms with van der Waals surface area (Å²) >= 11 is 0. The van der Waals surface area contributed by atoms with Crippen molar-refractivity contribution in [2.75, 3.05) is 60.9 Å². The van der Waals surface area contributed by atoms with Gasteiger partial charge < -0.3 is 20.0 Å². The number of rotatable bonds is 6. The van der Waals surface area contributed by atoms with E-state index < -0.39 is 0 Å². The molecule has 38 heavy (non-hydrogen) atoms. The van der Waals surface area contributed by atoms with Gasteiger partial charge >= 0.3 is 0 Å². The van der Waals surface area contributed by atoms with E-state index in [4.69, 9.17) is 4.98 Å². The number of fused-ring (bicyclic) bond motifs is 1. The van der Waals surface area contributed by atoms with E-state index in [9.17, 15) is 4.79 Å². The first-order valence-corrected chi connectivity index (χ1v) is 13.6. The average molecular weight is 510 g/mol.